The number of nitrogens with one attached hydrogen (secondary N) is 1. The number of thiazole rings is 1. The molecule has 2 aromatic rings. The first-order valence-electron chi connectivity index (χ1n) is 8.04. The van der Waals surface area contributed by atoms with E-state index >= 15 is 0 Å². The molecule has 5 rings (SSSR count). The third-order valence-electron chi connectivity index (χ3n) is 4.91. The minimum absolute atomic E-state index is 0.0252. The first kappa shape index (κ1) is 14.4. The van der Waals surface area contributed by atoms with Crippen molar-refractivity contribution in [2.75, 3.05) is 25.2 Å². The molecule has 2 saturated heterocycles. The Labute approximate surface area is 142 Å². The Morgan fingerprint density at radius 3 is 3.25 bits per heavy atom. The Bertz CT molecular complexity index is 823. The number of amides is 2. The molecule has 0 bridgehead atoms. The van der Waals surface area contributed by atoms with Crippen molar-refractivity contribution in [1.29, 1.82) is 0 Å². The fourth-order valence-electron chi connectivity index (χ4n) is 3.70. The van der Waals surface area contributed by atoms with Crippen molar-refractivity contribution in [2.24, 2.45) is 0 Å². The van der Waals surface area contributed by atoms with Crippen molar-refractivity contribution in [1.82, 2.24) is 10.3 Å². The average molecular weight is 347 g/mol. The highest BCUT2D eigenvalue weighted by atomic mass is 32.1. The maximum Gasteiger partial charge on any atom is 0.324 e. The van der Waals surface area contributed by atoms with E-state index in [1.807, 2.05) is 12.1 Å². The molecule has 24 heavy (non-hydrogen) atoms. The molecule has 3 aliphatic rings. The predicted molar refractivity (Wildman–Crippen MR) is 88.8 cm³/mol. The lowest BCUT2D eigenvalue weighted by atomic mass is 10.0. The van der Waals surface area contributed by atoms with Gasteiger partial charge >= 0.3 is 6.03 Å². The fourth-order valence-corrected chi connectivity index (χ4v) is 4.75. The van der Waals surface area contributed by atoms with E-state index in [1.165, 1.54) is 11.3 Å². The second kappa shape index (κ2) is 5.30. The third kappa shape index (κ3) is 2.03. The van der Waals surface area contributed by atoms with Crippen LogP contribution in [0.5, 0.6) is 5.75 Å². The van der Waals surface area contributed by atoms with Gasteiger partial charge in [0.2, 0.25) is 0 Å². The molecule has 0 aliphatic carbocycles. The molecule has 1 N–H and O–H groups in total. The Hall–Kier alpha value is -1.90. The van der Waals surface area contributed by atoms with E-state index in [0.717, 1.165) is 33.1 Å². The van der Waals surface area contributed by atoms with Crippen LogP contribution in [0.15, 0.2) is 12.1 Å². The summed E-state index contributed by atoms with van der Waals surface area (Å²) in [4.78, 5) is 19.0. The Morgan fingerprint density at radius 2 is 2.38 bits per heavy atom. The summed E-state index contributed by atoms with van der Waals surface area (Å²) in [7, 11) is 1.62. The molecule has 0 unspecified atom stereocenters. The van der Waals surface area contributed by atoms with Crippen LogP contribution in [0.4, 0.5) is 9.93 Å². The molecule has 0 spiro atoms. The van der Waals surface area contributed by atoms with Gasteiger partial charge in [0.1, 0.15) is 5.75 Å². The SMILES string of the molecule is CO[C@H]1C[C@H]2NC(=O)N(c3nc4c5c(ccc4s3)OCC5)[C@H]2CO1. The normalized spacial score (nSPS) is 28.6. The highest BCUT2D eigenvalue weighted by Gasteiger charge is 2.45. The van der Waals surface area contributed by atoms with Crippen LogP contribution in [0.3, 0.4) is 0 Å². The van der Waals surface area contributed by atoms with Crippen LogP contribution >= 0.6 is 11.3 Å². The summed E-state index contributed by atoms with van der Waals surface area (Å²) in [5, 5.41) is 3.75. The quantitative estimate of drug-likeness (QED) is 0.898. The lowest BCUT2D eigenvalue weighted by Gasteiger charge is -2.32. The molecule has 1 aromatic carbocycles. The second-order valence-electron chi connectivity index (χ2n) is 6.21. The van der Waals surface area contributed by atoms with Gasteiger partial charge in [-0.1, -0.05) is 11.3 Å². The highest BCUT2D eigenvalue weighted by Crippen LogP contribution is 2.39. The van der Waals surface area contributed by atoms with Gasteiger partial charge in [-0.05, 0) is 12.1 Å². The van der Waals surface area contributed by atoms with E-state index in [9.17, 15) is 4.79 Å². The number of nitrogens with zero attached hydrogens (tertiary/aromatic N) is 2. The monoisotopic (exact) mass is 347 g/mol. The number of methoxy groups -OCH3 is 1. The highest BCUT2D eigenvalue weighted by molar-refractivity contribution is 7.22. The molecular formula is C16H17N3O4S. The standard InChI is InChI=1S/C16H17N3O4S/c1-21-13-6-9-10(7-23-13)19(15(20)17-9)16-18-14-8-4-5-22-11(8)2-3-12(14)24-16/h2-3,9-10,13H,4-7H2,1H3,(H,17,20)/t9-,10+,13-/m1/s1. The number of carbonyl (C=O) groups is 1. The molecule has 8 heteroatoms. The first-order chi connectivity index (χ1) is 11.7. The zero-order valence-electron chi connectivity index (χ0n) is 13.2. The van der Waals surface area contributed by atoms with E-state index in [1.54, 1.807) is 12.0 Å². The number of aromatic nitrogens is 1. The van der Waals surface area contributed by atoms with Crippen molar-refractivity contribution < 1.29 is 19.0 Å². The van der Waals surface area contributed by atoms with E-state index < -0.39 is 0 Å². The first-order valence-corrected chi connectivity index (χ1v) is 8.85. The smallest absolute Gasteiger partial charge is 0.324 e. The van der Waals surface area contributed by atoms with E-state index in [0.29, 0.717) is 19.6 Å². The zero-order valence-corrected chi connectivity index (χ0v) is 14.0. The maximum atomic E-state index is 12.5. The van der Waals surface area contributed by atoms with Gasteiger partial charge in [0.05, 0.1) is 35.5 Å². The average Bonchev–Trinajstić information content (AvgIpc) is 3.28. The van der Waals surface area contributed by atoms with Crippen LogP contribution in [0, 0.1) is 0 Å². The molecule has 1 aromatic heterocycles. The number of anilines is 1. The van der Waals surface area contributed by atoms with Crippen LogP contribution < -0.4 is 15.0 Å². The lowest BCUT2D eigenvalue weighted by Crippen LogP contribution is -2.48. The van der Waals surface area contributed by atoms with Crippen molar-refractivity contribution in [3.63, 3.8) is 0 Å². The maximum absolute atomic E-state index is 12.5. The zero-order chi connectivity index (χ0) is 16.3. The minimum Gasteiger partial charge on any atom is -0.493 e. The second-order valence-corrected chi connectivity index (χ2v) is 7.22. The molecule has 7 nitrogen and oxygen atoms in total. The van der Waals surface area contributed by atoms with Crippen LogP contribution in [0.2, 0.25) is 0 Å². The molecule has 0 radical (unpaired) electrons. The molecular weight excluding hydrogens is 330 g/mol. The van der Waals surface area contributed by atoms with Crippen molar-refractivity contribution in [2.45, 2.75) is 31.2 Å². The number of benzene rings is 1. The van der Waals surface area contributed by atoms with Gasteiger partial charge in [-0.3, -0.25) is 4.90 Å². The molecule has 2 amide bonds. The van der Waals surface area contributed by atoms with Gasteiger partial charge in [0.15, 0.2) is 11.4 Å². The van der Waals surface area contributed by atoms with Crippen LogP contribution in [0.1, 0.15) is 12.0 Å². The van der Waals surface area contributed by atoms with Gasteiger partial charge < -0.3 is 19.5 Å². The predicted octanol–water partition coefficient (Wildman–Crippen LogP) is 1.89. The summed E-state index contributed by atoms with van der Waals surface area (Å²) in [5.74, 6) is 0.909. The molecule has 4 heterocycles. The van der Waals surface area contributed by atoms with Gasteiger partial charge in [-0.25, -0.2) is 9.78 Å². The Morgan fingerprint density at radius 1 is 1.46 bits per heavy atom. The summed E-state index contributed by atoms with van der Waals surface area (Å²) in [5.41, 5.74) is 2.10. The van der Waals surface area contributed by atoms with Crippen molar-refractivity contribution >= 4 is 32.7 Å². The van der Waals surface area contributed by atoms with E-state index in [4.69, 9.17) is 19.2 Å². The number of rotatable bonds is 2. The van der Waals surface area contributed by atoms with Crippen LogP contribution in [0.25, 0.3) is 10.2 Å². The van der Waals surface area contributed by atoms with E-state index in [2.05, 4.69) is 5.32 Å². The molecule has 0 saturated carbocycles. The number of carbonyl (C=O) groups excluding carboxylic acids is 1. The van der Waals surface area contributed by atoms with Gasteiger partial charge in [0.25, 0.3) is 0 Å². The molecule has 2 fully saturated rings. The Kier molecular flexibility index (Phi) is 3.19. The molecule has 3 aliphatic heterocycles. The number of hydrogen-bond acceptors (Lipinski definition) is 6. The summed E-state index contributed by atoms with van der Waals surface area (Å²) >= 11 is 1.54. The fraction of sp³-hybridized carbons (Fsp3) is 0.500. The topological polar surface area (TPSA) is 72.9 Å². The van der Waals surface area contributed by atoms with E-state index in [-0.39, 0.29) is 24.4 Å². The summed E-state index contributed by atoms with van der Waals surface area (Å²) in [6.45, 7) is 1.14. The number of hydrogen-bond donors (Lipinski definition) is 1. The van der Waals surface area contributed by atoms with Gasteiger partial charge in [-0.15, -0.1) is 0 Å². The largest absolute Gasteiger partial charge is 0.493 e. The Balaban J connectivity index is 1.52. The van der Waals surface area contributed by atoms with Crippen LogP contribution in [-0.4, -0.2) is 49.7 Å². The summed E-state index contributed by atoms with van der Waals surface area (Å²) in [6.07, 6.45) is 1.26. The van der Waals surface area contributed by atoms with Crippen molar-refractivity contribution in [3.05, 3.63) is 17.7 Å². The molecule has 126 valence electrons. The van der Waals surface area contributed by atoms with Gasteiger partial charge in [0, 0.05) is 25.5 Å². The van der Waals surface area contributed by atoms with Crippen LogP contribution in [-0.2, 0) is 15.9 Å². The minimum atomic E-state index is -0.262. The third-order valence-corrected chi connectivity index (χ3v) is 5.93. The lowest BCUT2D eigenvalue weighted by molar-refractivity contribution is -0.153. The van der Waals surface area contributed by atoms with Crippen molar-refractivity contribution in [3.8, 4) is 5.75 Å². The number of ether oxygens (including phenoxy) is 3. The number of urea groups is 1. The summed E-state index contributed by atoms with van der Waals surface area (Å²) in [6, 6.07) is 3.87. The summed E-state index contributed by atoms with van der Waals surface area (Å²) < 4.78 is 17.6. The number of fused-ring (bicyclic) bond motifs is 4. The molecule has 3 atom stereocenters. The van der Waals surface area contributed by atoms with Gasteiger partial charge in [-0.2, -0.15) is 0 Å².